The van der Waals surface area contributed by atoms with Crippen LogP contribution in [-0.2, 0) is 11.8 Å². The van der Waals surface area contributed by atoms with Gasteiger partial charge in [0.1, 0.15) is 0 Å². The Balaban J connectivity index is 2.15. The summed E-state index contributed by atoms with van der Waals surface area (Å²) in [6, 6.07) is 9.82. The molecular weight excluding hydrogens is 194 g/mol. The fourth-order valence-electron chi connectivity index (χ4n) is 3.80. The van der Waals surface area contributed by atoms with Crippen LogP contribution in [0.5, 0.6) is 0 Å². The maximum Gasteiger partial charge on any atom is 0.0167 e. The van der Waals surface area contributed by atoms with Gasteiger partial charge in [-0.1, -0.05) is 38.1 Å². The third-order valence-electron chi connectivity index (χ3n) is 5.19. The molecule has 16 heavy (non-hydrogen) atoms. The third kappa shape index (κ3) is 1.21. The van der Waals surface area contributed by atoms with Crippen LogP contribution in [0.25, 0.3) is 0 Å². The van der Waals surface area contributed by atoms with Gasteiger partial charge in [-0.15, -0.1) is 0 Å². The fraction of sp³-hybridized carbons (Fsp3) is 0.600. The molecule has 0 radical (unpaired) electrons. The van der Waals surface area contributed by atoms with Crippen LogP contribution in [0.3, 0.4) is 0 Å². The van der Waals surface area contributed by atoms with Gasteiger partial charge < -0.3 is 4.90 Å². The lowest BCUT2D eigenvalue weighted by Gasteiger charge is -2.53. The van der Waals surface area contributed by atoms with E-state index in [0.717, 1.165) is 12.0 Å². The summed E-state index contributed by atoms with van der Waals surface area (Å²) in [6.45, 7) is 6.16. The minimum absolute atomic E-state index is 0.409. The van der Waals surface area contributed by atoms with Gasteiger partial charge in [-0.3, -0.25) is 0 Å². The van der Waals surface area contributed by atoms with E-state index in [4.69, 9.17) is 0 Å². The molecule has 86 valence electrons. The van der Waals surface area contributed by atoms with Crippen molar-refractivity contribution in [1.29, 1.82) is 0 Å². The van der Waals surface area contributed by atoms with Gasteiger partial charge in [0.15, 0.2) is 0 Å². The largest absolute Gasteiger partial charge is 0.303 e. The van der Waals surface area contributed by atoms with Crippen LogP contribution in [0.1, 0.15) is 31.4 Å². The number of benzene rings is 1. The third-order valence-corrected chi connectivity index (χ3v) is 5.19. The average molecular weight is 215 g/mol. The Morgan fingerprint density at radius 2 is 2.06 bits per heavy atom. The summed E-state index contributed by atoms with van der Waals surface area (Å²) in [4.78, 5) is 2.56. The summed E-state index contributed by atoms with van der Waals surface area (Å²) in [6.07, 6.45) is 2.54. The number of fused-ring (bicyclic) bond motifs is 4. The number of piperidine rings is 1. The molecular formula is C15H21N. The van der Waals surface area contributed by atoms with Crippen LogP contribution in [0.15, 0.2) is 24.3 Å². The number of nitrogens with zero attached hydrogens (tertiary/aromatic N) is 1. The molecule has 0 amide bonds. The standard InChI is InChI=1S/C15H21N/c1-11-14-10-12-6-4-5-7-13(12)15(11,2)8-9-16(14)3/h4-7,11,14H,8-10H2,1-3H3/t11-,14+,15-/m1/s1. The van der Waals surface area contributed by atoms with Gasteiger partial charge in [0.05, 0.1) is 0 Å². The van der Waals surface area contributed by atoms with E-state index < -0.39 is 0 Å². The Bertz CT molecular complexity index is 412. The second-order valence-electron chi connectivity index (χ2n) is 5.87. The van der Waals surface area contributed by atoms with Crippen molar-refractivity contribution in [2.75, 3.05) is 13.6 Å². The molecule has 0 saturated carbocycles. The fourth-order valence-corrected chi connectivity index (χ4v) is 3.80. The van der Waals surface area contributed by atoms with Crippen molar-refractivity contribution in [3.63, 3.8) is 0 Å². The Morgan fingerprint density at radius 1 is 1.31 bits per heavy atom. The summed E-state index contributed by atoms with van der Waals surface area (Å²) < 4.78 is 0. The summed E-state index contributed by atoms with van der Waals surface area (Å²) in [5.74, 6) is 0.779. The van der Waals surface area contributed by atoms with Crippen molar-refractivity contribution in [3.05, 3.63) is 35.4 Å². The Morgan fingerprint density at radius 3 is 2.88 bits per heavy atom. The molecule has 1 nitrogen and oxygen atoms in total. The van der Waals surface area contributed by atoms with Crippen LogP contribution in [-0.4, -0.2) is 24.5 Å². The van der Waals surface area contributed by atoms with E-state index in [9.17, 15) is 0 Å². The lowest BCUT2D eigenvalue weighted by Crippen LogP contribution is -2.56. The number of hydrogen-bond acceptors (Lipinski definition) is 1. The van der Waals surface area contributed by atoms with Gasteiger partial charge in [0, 0.05) is 6.04 Å². The van der Waals surface area contributed by atoms with Crippen molar-refractivity contribution >= 4 is 0 Å². The number of hydrogen-bond donors (Lipinski definition) is 0. The maximum absolute atomic E-state index is 2.56. The summed E-state index contributed by atoms with van der Waals surface area (Å²) in [5.41, 5.74) is 3.61. The second-order valence-corrected chi connectivity index (χ2v) is 5.87. The Labute approximate surface area is 98.5 Å². The number of likely N-dealkylation sites (N-methyl/N-ethyl adjacent to an activating group) is 1. The second kappa shape index (κ2) is 3.33. The zero-order chi connectivity index (χ0) is 11.3. The normalized spacial score (nSPS) is 38.2. The minimum Gasteiger partial charge on any atom is -0.303 e. The SMILES string of the molecule is C[C@@H]1[C@@H]2Cc3ccccc3[C@]1(C)CCN2C. The molecule has 2 aliphatic rings. The monoisotopic (exact) mass is 215 g/mol. The zero-order valence-electron chi connectivity index (χ0n) is 10.5. The highest BCUT2D eigenvalue weighted by Gasteiger charge is 2.46. The molecule has 1 aliphatic carbocycles. The molecule has 1 heteroatoms. The smallest absolute Gasteiger partial charge is 0.0167 e. The first-order valence-corrected chi connectivity index (χ1v) is 6.41. The molecule has 1 fully saturated rings. The van der Waals surface area contributed by atoms with E-state index >= 15 is 0 Å². The Hall–Kier alpha value is -0.820. The molecule has 0 spiro atoms. The first kappa shape index (κ1) is 10.3. The molecule has 1 saturated heterocycles. The molecule has 3 atom stereocenters. The maximum atomic E-state index is 2.56. The quantitative estimate of drug-likeness (QED) is 0.643. The highest BCUT2D eigenvalue weighted by atomic mass is 15.1. The lowest BCUT2D eigenvalue weighted by atomic mass is 9.59. The highest BCUT2D eigenvalue weighted by molar-refractivity contribution is 5.39. The van der Waals surface area contributed by atoms with Crippen molar-refractivity contribution in [3.8, 4) is 0 Å². The summed E-state index contributed by atoms with van der Waals surface area (Å²) in [7, 11) is 2.29. The summed E-state index contributed by atoms with van der Waals surface area (Å²) >= 11 is 0. The average Bonchev–Trinajstić information content (AvgIpc) is 2.29. The first-order chi connectivity index (χ1) is 7.63. The van der Waals surface area contributed by atoms with Gasteiger partial charge in [-0.05, 0) is 48.9 Å². The molecule has 1 heterocycles. The minimum atomic E-state index is 0.409. The molecule has 2 bridgehead atoms. The molecule has 1 aromatic carbocycles. The molecule has 0 unspecified atom stereocenters. The van der Waals surface area contributed by atoms with Gasteiger partial charge in [0.2, 0.25) is 0 Å². The van der Waals surface area contributed by atoms with Crippen molar-refractivity contribution in [2.45, 2.75) is 38.1 Å². The van der Waals surface area contributed by atoms with E-state index in [1.54, 1.807) is 11.1 Å². The van der Waals surface area contributed by atoms with Crippen molar-refractivity contribution < 1.29 is 0 Å². The Kier molecular flexibility index (Phi) is 2.16. The zero-order valence-corrected chi connectivity index (χ0v) is 10.5. The lowest BCUT2D eigenvalue weighted by molar-refractivity contribution is 0.0508. The van der Waals surface area contributed by atoms with Gasteiger partial charge in [-0.25, -0.2) is 0 Å². The van der Waals surface area contributed by atoms with Crippen LogP contribution >= 0.6 is 0 Å². The summed E-state index contributed by atoms with van der Waals surface area (Å²) in [5, 5.41) is 0. The van der Waals surface area contributed by atoms with Crippen molar-refractivity contribution in [1.82, 2.24) is 4.90 Å². The van der Waals surface area contributed by atoms with E-state index in [1.165, 1.54) is 19.4 Å². The highest BCUT2D eigenvalue weighted by Crippen LogP contribution is 2.47. The predicted octanol–water partition coefficient (Wildman–Crippen LogP) is 2.84. The molecule has 0 aromatic heterocycles. The first-order valence-electron chi connectivity index (χ1n) is 6.41. The van der Waals surface area contributed by atoms with E-state index in [-0.39, 0.29) is 0 Å². The predicted molar refractivity (Wildman–Crippen MR) is 67.7 cm³/mol. The van der Waals surface area contributed by atoms with Gasteiger partial charge in [-0.2, -0.15) is 0 Å². The van der Waals surface area contributed by atoms with Crippen LogP contribution in [0.4, 0.5) is 0 Å². The van der Waals surface area contributed by atoms with Gasteiger partial charge in [0.25, 0.3) is 0 Å². The number of likely N-dealkylation sites (tertiary alicyclic amines) is 1. The van der Waals surface area contributed by atoms with E-state index in [2.05, 4.69) is 50.1 Å². The van der Waals surface area contributed by atoms with Gasteiger partial charge >= 0.3 is 0 Å². The molecule has 1 aliphatic heterocycles. The number of rotatable bonds is 0. The molecule has 1 aromatic rings. The van der Waals surface area contributed by atoms with Crippen molar-refractivity contribution in [2.24, 2.45) is 5.92 Å². The topological polar surface area (TPSA) is 3.24 Å². The van der Waals surface area contributed by atoms with Crippen LogP contribution in [0.2, 0.25) is 0 Å². The van der Waals surface area contributed by atoms with Crippen LogP contribution in [0, 0.1) is 5.92 Å². The molecule has 3 rings (SSSR count). The van der Waals surface area contributed by atoms with Crippen LogP contribution < -0.4 is 0 Å². The van der Waals surface area contributed by atoms with E-state index in [1.807, 2.05) is 0 Å². The molecule has 0 N–H and O–H groups in total. The van der Waals surface area contributed by atoms with E-state index in [0.29, 0.717) is 5.41 Å².